The van der Waals surface area contributed by atoms with E-state index in [0.29, 0.717) is 23.6 Å². The Kier molecular flexibility index (Phi) is 24.0. The van der Waals surface area contributed by atoms with Crippen molar-refractivity contribution in [3.05, 3.63) is 92.1 Å². The largest absolute Gasteiger partial charge is 0.489 e. The van der Waals surface area contributed by atoms with E-state index in [9.17, 15) is 40.9 Å². The minimum atomic E-state index is -4.10. The molecule has 1 unspecified atom stereocenters. The lowest BCUT2D eigenvalue weighted by Gasteiger charge is -2.35. The van der Waals surface area contributed by atoms with Gasteiger partial charge in [-0.3, -0.25) is 33.9 Å². The topological polar surface area (TPSA) is 252 Å². The Hall–Kier alpha value is -4.06. The van der Waals surface area contributed by atoms with Crippen molar-refractivity contribution in [2.24, 2.45) is 0 Å². The van der Waals surface area contributed by atoms with Crippen LogP contribution in [-0.2, 0) is 40.1 Å². The zero-order chi connectivity index (χ0) is 51.0. The number of benzene rings is 3. The maximum Gasteiger partial charge on any atom is 0.355 e. The van der Waals surface area contributed by atoms with Gasteiger partial charge in [-0.2, -0.15) is 13.5 Å². The van der Waals surface area contributed by atoms with E-state index in [1.807, 2.05) is 63.2 Å². The zero-order valence-corrected chi connectivity index (χ0v) is 42.1. The standard InChI is InChI=1S/C14H20ClNO2.C11H10Cl2F2N4O3S.C11H11Cl2NO2.C3H8NO5P/c1-4-12-8-6-7-11(3)14(12)16(10-18-5-2)13(17)9-15;1-5-16-19(11(20)18(5)10(14)15)9-4-8(17-23(2,21)22)6(12)3-7(9)13;1-7-6-16-9-5-3-2-4-8(9)14(7)11(15)10(12)13;5-3(6)1-4-2-10(7,8)9/h6-8H,4-5,9-10H2,1-3H3;3-4,10,17H,1-2H3;2-5,7,10H,6H2,1H3;4H,1-2H2,(H,5,6)(H2,7,8,9). The molecule has 1 aliphatic heterocycles. The number of aryl methyl sites for hydroxylation is 3. The number of carbonyl (C=O) groups excluding carboxylic acids is 2. The SMILES string of the molecule is CC1COc2ccccc2N1C(=O)C(Cl)Cl.CCOCN(C(=O)CCl)c1c(C)cccc1CC.Cc1nn(-c2cc(NS(C)(=O)=O)c(Cl)cc2Cl)c(=O)n1C(F)F.O=C(O)CNCP(=O)(O)O. The summed E-state index contributed by atoms with van der Waals surface area (Å²) in [6.07, 6.45) is 1.17. The number of aromatic nitrogens is 3. The Balaban J connectivity index is 0.000000318. The highest BCUT2D eigenvalue weighted by molar-refractivity contribution is 7.92. The number of hydrogen-bond donors (Lipinski definition) is 5. The molecule has 1 aromatic heterocycles. The number of carboxylic acid groups (broad SMARTS) is 1. The number of halogens is 7. The summed E-state index contributed by atoms with van der Waals surface area (Å²) in [6.45, 7) is 6.84. The molecule has 0 fully saturated rings. The fraction of sp³-hybridized carbons (Fsp3) is 0.410. The first-order valence-corrected chi connectivity index (χ1v) is 25.3. The van der Waals surface area contributed by atoms with E-state index in [1.54, 1.807) is 9.80 Å². The number of hydrogen-bond acceptors (Lipinski definition) is 11. The van der Waals surface area contributed by atoms with Crippen LogP contribution in [0, 0.1) is 13.8 Å². The van der Waals surface area contributed by atoms with Gasteiger partial charge >= 0.3 is 25.8 Å². The van der Waals surface area contributed by atoms with Gasteiger partial charge in [-0.25, -0.2) is 17.8 Å². The van der Waals surface area contributed by atoms with Gasteiger partial charge in [0.15, 0.2) is 4.84 Å². The summed E-state index contributed by atoms with van der Waals surface area (Å²) in [5.41, 5.74) is 2.57. The number of sulfonamides is 1. The number of ether oxygens (including phenoxy) is 2. The van der Waals surface area contributed by atoms with Gasteiger partial charge in [0, 0.05) is 6.61 Å². The van der Waals surface area contributed by atoms with Gasteiger partial charge in [-0.15, -0.1) is 16.7 Å². The molecular formula is C39H49Cl5F2N7O12PS. The van der Waals surface area contributed by atoms with Crippen molar-refractivity contribution in [3.8, 4) is 11.4 Å². The number of nitrogens with one attached hydrogen (secondary N) is 2. The quantitative estimate of drug-likeness (QED) is 0.0460. The van der Waals surface area contributed by atoms with Crippen LogP contribution in [0.5, 0.6) is 5.75 Å². The first-order valence-electron chi connectivity index (χ1n) is 19.5. The van der Waals surface area contributed by atoms with Crippen molar-refractivity contribution in [1.82, 2.24) is 19.7 Å². The van der Waals surface area contributed by atoms with E-state index < -0.39 is 53.5 Å². The van der Waals surface area contributed by atoms with Crippen LogP contribution in [0.4, 0.5) is 25.8 Å². The fourth-order valence-corrected chi connectivity index (χ4v) is 7.69. The number of anilines is 3. The summed E-state index contributed by atoms with van der Waals surface area (Å²) >= 11 is 28.8. The predicted octanol–water partition coefficient (Wildman–Crippen LogP) is 6.94. The van der Waals surface area contributed by atoms with Crippen LogP contribution in [0.3, 0.4) is 0 Å². The van der Waals surface area contributed by atoms with Crippen LogP contribution < -0.4 is 30.3 Å². The number of amides is 2. The first-order chi connectivity index (χ1) is 31.2. The van der Waals surface area contributed by atoms with Gasteiger partial charge < -0.3 is 29.3 Å². The number of rotatable bonds is 15. The Morgan fingerprint density at radius 2 is 1.69 bits per heavy atom. The van der Waals surface area contributed by atoms with Gasteiger partial charge in [-0.05, 0) is 69.5 Å². The number of aliphatic carboxylic acids is 1. The van der Waals surface area contributed by atoms with Gasteiger partial charge in [0.25, 0.3) is 5.91 Å². The summed E-state index contributed by atoms with van der Waals surface area (Å²) in [7, 11) is -7.74. The second kappa shape index (κ2) is 27.2. The number of nitrogens with zero attached hydrogens (tertiary/aromatic N) is 5. The molecule has 1 aliphatic rings. The molecule has 3 aromatic carbocycles. The van der Waals surface area contributed by atoms with E-state index in [4.69, 9.17) is 82.4 Å². The number of fused-ring (bicyclic) bond motifs is 1. The third kappa shape index (κ3) is 18.4. The Morgan fingerprint density at radius 1 is 1.04 bits per heavy atom. The summed E-state index contributed by atoms with van der Waals surface area (Å²) < 4.78 is 72.2. The molecule has 0 spiro atoms. The van der Waals surface area contributed by atoms with E-state index in [1.165, 1.54) is 13.0 Å². The van der Waals surface area contributed by atoms with Crippen LogP contribution >= 0.6 is 65.6 Å². The van der Waals surface area contributed by atoms with Crippen LogP contribution in [0.1, 0.15) is 44.3 Å². The summed E-state index contributed by atoms with van der Waals surface area (Å²) in [5.74, 6) is -1.17. The molecule has 2 heterocycles. The number of carboxylic acids is 1. The van der Waals surface area contributed by atoms with E-state index in [0.717, 1.165) is 41.2 Å². The fourth-order valence-electron chi connectivity index (χ4n) is 5.79. The molecular weight excluding hydrogens is 1040 g/mol. The molecule has 5 N–H and O–H groups in total. The van der Waals surface area contributed by atoms with Crippen molar-refractivity contribution in [1.29, 1.82) is 0 Å². The monoisotopic (exact) mass is 1080 g/mol. The molecule has 67 heavy (non-hydrogen) atoms. The van der Waals surface area contributed by atoms with E-state index >= 15 is 0 Å². The maximum atomic E-state index is 12.8. The van der Waals surface area contributed by atoms with Crippen LogP contribution in [-0.4, -0.2) is 111 Å². The number of carbonyl (C=O) groups is 3. The van der Waals surface area contributed by atoms with Gasteiger partial charge in [-0.1, -0.05) is 83.7 Å². The van der Waals surface area contributed by atoms with Crippen LogP contribution in [0.25, 0.3) is 5.69 Å². The molecule has 4 aromatic rings. The Labute approximate surface area is 410 Å². The van der Waals surface area contributed by atoms with Crippen molar-refractivity contribution in [3.63, 3.8) is 0 Å². The molecule has 5 rings (SSSR count). The molecule has 0 saturated heterocycles. The van der Waals surface area contributed by atoms with Crippen molar-refractivity contribution >= 4 is 110 Å². The molecule has 1 atom stereocenters. The molecule has 19 nitrogen and oxygen atoms in total. The zero-order valence-electron chi connectivity index (χ0n) is 36.6. The second-order valence-electron chi connectivity index (χ2n) is 13.8. The summed E-state index contributed by atoms with van der Waals surface area (Å²) in [6, 6.07) is 15.6. The third-order valence-electron chi connectivity index (χ3n) is 8.61. The average molecular weight is 1090 g/mol. The van der Waals surface area contributed by atoms with Crippen molar-refractivity contribution in [2.45, 2.75) is 58.5 Å². The molecule has 28 heteroatoms. The number of alkyl halides is 5. The van der Waals surface area contributed by atoms with Crippen LogP contribution in [0.15, 0.2) is 59.4 Å². The third-order valence-corrected chi connectivity index (χ3v) is 11.1. The predicted molar refractivity (Wildman–Crippen MR) is 254 cm³/mol. The molecule has 372 valence electrons. The van der Waals surface area contributed by atoms with Crippen molar-refractivity contribution in [2.75, 3.05) is 59.4 Å². The molecule has 0 aliphatic carbocycles. The van der Waals surface area contributed by atoms with Gasteiger partial charge in [0.05, 0.1) is 57.9 Å². The molecule has 0 saturated carbocycles. The Bertz CT molecular complexity index is 2550. The maximum absolute atomic E-state index is 12.8. The van der Waals surface area contributed by atoms with Gasteiger partial charge in [0.2, 0.25) is 15.9 Å². The average Bonchev–Trinajstić information content (AvgIpc) is 3.54. The summed E-state index contributed by atoms with van der Waals surface area (Å²) in [4.78, 5) is 64.2. The highest BCUT2D eigenvalue weighted by Crippen LogP contribution is 2.35. The van der Waals surface area contributed by atoms with E-state index in [-0.39, 0.29) is 62.3 Å². The lowest BCUT2D eigenvalue weighted by atomic mass is 10.0. The molecule has 0 bridgehead atoms. The minimum absolute atomic E-state index is 0.0257. The summed E-state index contributed by atoms with van der Waals surface area (Å²) in [5, 5.41) is 13.7. The van der Waals surface area contributed by atoms with Crippen LogP contribution in [0.2, 0.25) is 10.0 Å². The first kappa shape index (κ1) is 59.1. The molecule has 2 amide bonds. The van der Waals surface area contributed by atoms with Gasteiger partial charge in [0.1, 0.15) is 30.8 Å². The lowest BCUT2D eigenvalue weighted by molar-refractivity contribution is -0.135. The second-order valence-corrected chi connectivity index (χ2v) is 19.4. The highest BCUT2D eigenvalue weighted by atomic mass is 35.5. The lowest BCUT2D eigenvalue weighted by Crippen LogP contribution is -2.47. The number of para-hydroxylation sites is 3. The highest BCUT2D eigenvalue weighted by Gasteiger charge is 2.32. The smallest absolute Gasteiger partial charge is 0.355 e. The molecule has 0 radical (unpaired) electrons. The minimum Gasteiger partial charge on any atom is -0.489 e. The van der Waals surface area contributed by atoms with E-state index in [2.05, 4.69) is 22.1 Å². The normalized spacial score (nSPS) is 13.2. The Morgan fingerprint density at radius 3 is 2.21 bits per heavy atom. The van der Waals surface area contributed by atoms with Crippen molar-refractivity contribution < 1.29 is 60.5 Å².